The second kappa shape index (κ2) is 4.92. The van der Waals surface area contributed by atoms with Crippen LogP contribution in [-0.2, 0) is 6.18 Å². The minimum Gasteiger partial charge on any atom is -0.478 e. The van der Waals surface area contributed by atoms with Gasteiger partial charge >= 0.3 is 12.1 Å². The Balaban J connectivity index is 2.37. The molecule has 3 nitrogen and oxygen atoms in total. The van der Waals surface area contributed by atoms with Gasteiger partial charge < -0.3 is 5.11 Å². The second-order valence-electron chi connectivity index (χ2n) is 3.93. The molecular formula is C13H7F4NO2. The molecule has 2 aromatic rings. The zero-order chi connectivity index (χ0) is 14.9. The lowest BCUT2D eigenvalue weighted by Gasteiger charge is -2.07. The van der Waals surface area contributed by atoms with E-state index in [1.807, 2.05) is 0 Å². The lowest BCUT2D eigenvalue weighted by atomic mass is 10.0. The van der Waals surface area contributed by atoms with E-state index < -0.39 is 29.2 Å². The summed E-state index contributed by atoms with van der Waals surface area (Å²) in [5, 5.41) is 8.68. The Kier molecular flexibility index (Phi) is 3.44. The minimum absolute atomic E-state index is 0.244. The number of rotatable bonds is 2. The van der Waals surface area contributed by atoms with Crippen LogP contribution in [-0.4, -0.2) is 16.1 Å². The molecule has 2 rings (SSSR count). The highest BCUT2D eigenvalue weighted by molar-refractivity contribution is 5.88. The summed E-state index contributed by atoms with van der Waals surface area (Å²) in [6, 6.07) is 5.21. The van der Waals surface area contributed by atoms with Gasteiger partial charge in [-0.05, 0) is 23.8 Å². The van der Waals surface area contributed by atoms with Crippen LogP contribution in [0, 0.1) is 5.82 Å². The van der Waals surface area contributed by atoms with E-state index in [0.717, 1.165) is 30.5 Å². The van der Waals surface area contributed by atoms with Crippen LogP contribution in [0.15, 0.2) is 36.5 Å². The molecule has 0 fully saturated rings. The molecule has 1 N–H and O–H groups in total. The Morgan fingerprint density at radius 2 is 1.75 bits per heavy atom. The van der Waals surface area contributed by atoms with Crippen LogP contribution >= 0.6 is 0 Å². The normalized spacial score (nSPS) is 11.4. The Morgan fingerprint density at radius 1 is 1.10 bits per heavy atom. The molecule has 0 spiro atoms. The van der Waals surface area contributed by atoms with Crippen molar-refractivity contribution in [3.05, 3.63) is 53.6 Å². The number of carbonyl (C=O) groups is 1. The van der Waals surface area contributed by atoms with Crippen molar-refractivity contribution in [3.8, 4) is 11.1 Å². The van der Waals surface area contributed by atoms with Crippen molar-refractivity contribution in [1.82, 2.24) is 4.98 Å². The van der Waals surface area contributed by atoms with Crippen molar-refractivity contribution in [2.75, 3.05) is 0 Å². The molecule has 0 aliphatic heterocycles. The van der Waals surface area contributed by atoms with Gasteiger partial charge in [0.15, 0.2) is 0 Å². The molecule has 1 aromatic carbocycles. The zero-order valence-electron chi connectivity index (χ0n) is 9.78. The molecule has 7 heteroatoms. The fraction of sp³-hybridized carbons (Fsp3) is 0.0769. The third-order valence-electron chi connectivity index (χ3n) is 2.59. The number of carboxylic acids is 1. The van der Waals surface area contributed by atoms with E-state index in [9.17, 15) is 22.4 Å². The molecule has 0 aliphatic carbocycles. The summed E-state index contributed by atoms with van der Waals surface area (Å²) >= 11 is 0. The van der Waals surface area contributed by atoms with Gasteiger partial charge in [-0.2, -0.15) is 13.2 Å². The molecule has 1 aromatic heterocycles. The van der Waals surface area contributed by atoms with Gasteiger partial charge in [0, 0.05) is 11.8 Å². The number of nitrogens with zero attached hydrogens (tertiary/aromatic N) is 1. The third-order valence-corrected chi connectivity index (χ3v) is 2.59. The SMILES string of the molecule is O=C(O)c1ccc(-c2ccc(C(F)(F)F)nc2)cc1F. The van der Waals surface area contributed by atoms with Gasteiger partial charge in [0.25, 0.3) is 0 Å². The van der Waals surface area contributed by atoms with Gasteiger partial charge in [-0.25, -0.2) is 9.18 Å². The van der Waals surface area contributed by atoms with Crippen molar-refractivity contribution >= 4 is 5.97 Å². The smallest absolute Gasteiger partial charge is 0.433 e. The van der Waals surface area contributed by atoms with Crippen LogP contribution in [0.4, 0.5) is 17.6 Å². The zero-order valence-corrected chi connectivity index (χ0v) is 9.78. The standard InChI is InChI=1S/C13H7F4NO2/c14-10-5-7(1-3-9(10)12(19)20)8-2-4-11(18-6-8)13(15,16)17/h1-6H,(H,19,20). The number of alkyl halides is 3. The summed E-state index contributed by atoms with van der Waals surface area (Å²) in [5.74, 6) is -2.38. The number of benzene rings is 1. The summed E-state index contributed by atoms with van der Waals surface area (Å²) in [6.45, 7) is 0. The van der Waals surface area contributed by atoms with Crippen LogP contribution in [0.25, 0.3) is 11.1 Å². The van der Waals surface area contributed by atoms with Crippen LogP contribution < -0.4 is 0 Å². The molecule has 0 saturated carbocycles. The quantitative estimate of drug-likeness (QED) is 0.858. The van der Waals surface area contributed by atoms with Crippen molar-refractivity contribution in [3.63, 3.8) is 0 Å². The van der Waals surface area contributed by atoms with E-state index in [1.165, 1.54) is 6.07 Å². The van der Waals surface area contributed by atoms with Crippen LogP contribution in [0.5, 0.6) is 0 Å². The molecular weight excluding hydrogens is 278 g/mol. The molecule has 104 valence electrons. The van der Waals surface area contributed by atoms with E-state index in [-0.39, 0.29) is 11.1 Å². The average molecular weight is 285 g/mol. The Labute approximate surface area is 110 Å². The number of carboxylic acid groups (broad SMARTS) is 1. The molecule has 0 saturated heterocycles. The predicted molar refractivity (Wildman–Crippen MR) is 61.6 cm³/mol. The van der Waals surface area contributed by atoms with Crippen molar-refractivity contribution in [2.24, 2.45) is 0 Å². The molecule has 0 amide bonds. The van der Waals surface area contributed by atoms with E-state index in [2.05, 4.69) is 4.98 Å². The topological polar surface area (TPSA) is 50.2 Å². The summed E-state index contributed by atoms with van der Waals surface area (Å²) in [4.78, 5) is 13.9. The number of aromatic nitrogens is 1. The molecule has 20 heavy (non-hydrogen) atoms. The Hall–Kier alpha value is -2.44. The maximum atomic E-state index is 13.5. The van der Waals surface area contributed by atoms with Crippen LogP contribution in [0.1, 0.15) is 16.1 Å². The summed E-state index contributed by atoms with van der Waals surface area (Å²) < 4.78 is 50.5. The number of hydrogen-bond donors (Lipinski definition) is 1. The fourth-order valence-electron chi connectivity index (χ4n) is 1.60. The number of pyridine rings is 1. The molecule has 0 unspecified atom stereocenters. The second-order valence-corrected chi connectivity index (χ2v) is 3.93. The lowest BCUT2D eigenvalue weighted by molar-refractivity contribution is -0.141. The molecule has 0 bridgehead atoms. The lowest BCUT2D eigenvalue weighted by Crippen LogP contribution is -2.07. The summed E-state index contributed by atoms with van der Waals surface area (Å²) in [7, 11) is 0. The van der Waals surface area contributed by atoms with Gasteiger partial charge in [-0.1, -0.05) is 12.1 Å². The molecule has 0 radical (unpaired) electrons. The third kappa shape index (κ3) is 2.76. The number of aromatic carboxylic acids is 1. The molecule has 1 heterocycles. The molecule has 0 atom stereocenters. The fourth-order valence-corrected chi connectivity index (χ4v) is 1.60. The van der Waals surface area contributed by atoms with Crippen molar-refractivity contribution in [1.29, 1.82) is 0 Å². The predicted octanol–water partition coefficient (Wildman–Crippen LogP) is 3.60. The van der Waals surface area contributed by atoms with Crippen LogP contribution in [0.3, 0.4) is 0 Å². The van der Waals surface area contributed by atoms with E-state index in [4.69, 9.17) is 5.11 Å². The minimum atomic E-state index is -4.54. The summed E-state index contributed by atoms with van der Waals surface area (Å²) in [6.07, 6.45) is -3.59. The first-order valence-electron chi connectivity index (χ1n) is 5.35. The van der Waals surface area contributed by atoms with Gasteiger partial charge in [-0.3, -0.25) is 4.98 Å². The largest absolute Gasteiger partial charge is 0.478 e. The average Bonchev–Trinajstić information content (AvgIpc) is 2.37. The van der Waals surface area contributed by atoms with Crippen LogP contribution in [0.2, 0.25) is 0 Å². The van der Waals surface area contributed by atoms with Gasteiger partial charge in [0.05, 0.1) is 5.56 Å². The first-order chi connectivity index (χ1) is 9.29. The monoisotopic (exact) mass is 285 g/mol. The van der Waals surface area contributed by atoms with E-state index in [1.54, 1.807) is 0 Å². The van der Waals surface area contributed by atoms with Crippen molar-refractivity contribution < 1.29 is 27.5 Å². The van der Waals surface area contributed by atoms with Gasteiger partial charge in [0.2, 0.25) is 0 Å². The summed E-state index contributed by atoms with van der Waals surface area (Å²) in [5.41, 5.74) is -1.06. The highest BCUT2D eigenvalue weighted by Gasteiger charge is 2.32. The van der Waals surface area contributed by atoms with E-state index in [0.29, 0.717) is 0 Å². The number of hydrogen-bond acceptors (Lipinski definition) is 2. The highest BCUT2D eigenvalue weighted by atomic mass is 19.4. The Morgan fingerprint density at radius 3 is 2.20 bits per heavy atom. The Bertz CT molecular complexity index is 650. The number of halogens is 4. The van der Waals surface area contributed by atoms with Crippen molar-refractivity contribution in [2.45, 2.75) is 6.18 Å². The molecule has 0 aliphatic rings. The first kappa shape index (κ1) is 14.0. The highest BCUT2D eigenvalue weighted by Crippen LogP contribution is 2.29. The first-order valence-corrected chi connectivity index (χ1v) is 5.35. The van der Waals surface area contributed by atoms with E-state index >= 15 is 0 Å². The maximum Gasteiger partial charge on any atom is 0.433 e. The van der Waals surface area contributed by atoms with Gasteiger partial charge in [-0.15, -0.1) is 0 Å². The van der Waals surface area contributed by atoms with Gasteiger partial charge in [0.1, 0.15) is 11.5 Å². The maximum absolute atomic E-state index is 13.5.